The zero-order chi connectivity index (χ0) is 12.1. The van der Waals surface area contributed by atoms with Gasteiger partial charge in [0.05, 0.1) is 17.9 Å². The summed E-state index contributed by atoms with van der Waals surface area (Å²) >= 11 is 3.41. The van der Waals surface area contributed by atoms with Crippen LogP contribution in [-0.4, -0.2) is 9.97 Å². The van der Waals surface area contributed by atoms with E-state index in [9.17, 15) is 0 Å². The second-order valence-corrected chi connectivity index (χ2v) is 4.60. The number of nitrogens with two attached hydrogens (primary N) is 1. The Labute approximate surface area is 108 Å². The molecule has 1 atom stereocenters. The van der Waals surface area contributed by atoms with Crippen LogP contribution in [0.2, 0.25) is 0 Å². The molecule has 0 bridgehead atoms. The number of rotatable bonds is 4. The third-order valence-corrected chi connectivity index (χ3v) is 3.02. The average Bonchev–Trinajstić information content (AvgIpc) is 2.39. The zero-order valence-electron chi connectivity index (χ0n) is 9.18. The molecule has 0 aliphatic rings. The first-order valence-corrected chi connectivity index (χ1v) is 6.05. The predicted molar refractivity (Wildman–Crippen MR) is 69.9 cm³/mol. The van der Waals surface area contributed by atoms with Crippen LogP contribution < -0.4 is 11.3 Å². The first-order chi connectivity index (χ1) is 8.29. The minimum Gasteiger partial charge on any atom is -0.271 e. The second kappa shape index (κ2) is 5.86. The van der Waals surface area contributed by atoms with E-state index >= 15 is 0 Å². The van der Waals surface area contributed by atoms with Crippen LogP contribution in [0.15, 0.2) is 47.3 Å². The predicted octanol–water partition coefficient (Wildman–Crippen LogP) is 1.99. The highest BCUT2D eigenvalue weighted by Crippen LogP contribution is 2.17. The molecule has 1 heterocycles. The van der Waals surface area contributed by atoms with Crippen LogP contribution in [0.25, 0.3) is 0 Å². The largest absolute Gasteiger partial charge is 0.271 e. The summed E-state index contributed by atoms with van der Waals surface area (Å²) < 4.78 is 1.07. The molecule has 1 unspecified atom stereocenters. The van der Waals surface area contributed by atoms with Crippen LogP contribution in [0.4, 0.5) is 0 Å². The highest BCUT2D eigenvalue weighted by Gasteiger charge is 2.11. The van der Waals surface area contributed by atoms with Gasteiger partial charge >= 0.3 is 0 Å². The normalized spacial score (nSPS) is 12.4. The van der Waals surface area contributed by atoms with E-state index in [0.717, 1.165) is 16.6 Å². The molecule has 0 radical (unpaired) electrons. The Hall–Kier alpha value is -1.30. The standard InChI is InChI=1S/C12H13BrN4/c13-10-3-1-9(2-4-10)7-11(17-14)12-8-15-5-6-16-12/h1-6,8,11,17H,7,14H2. The molecular formula is C12H13BrN4. The lowest BCUT2D eigenvalue weighted by atomic mass is 10.0. The van der Waals surface area contributed by atoms with Crippen LogP contribution in [0.5, 0.6) is 0 Å². The van der Waals surface area contributed by atoms with Crippen molar-refractivity contribution in [3.8, 4) is 0 Å². The highest BCUT2D eigenvalue weighted by atomic mass is 79.9. The molecule has 4 nitrogen and oxygen atoms in total. The highest BCUT2D eigenvalue weighted by molar-refractivity contribution is 9.10. The molecule has 0 spiro atoms. The fourth-order valence-electron chi connectivity index (χ4n) is 1.60. The molecule has 1 aromatic heterocycles. The van der Waals surface area contributed by atoms with Gasteiger partial charge in [-0.2, -0.15) is 0 Å². The van der Waals surface area contributed by atoms with Gasteiger partial charge in [-0.05, 0) is 24.1 Å². The molecule has 2 aromatic rings. The summed E-state index contributed by atoms with van der Waals surface area (Å²) in [5.41, 5.74) is 4.81. The van der Waals surface area contributed by atoms with Gasteiger partial charge in [0.1, 0.15) is 0 Å². The van der Waals surface area contributed by atoms with Crippen LogP contribution in [-0.2, 0) is 6.42 Å². The lowest BCUT2D eigenvalue weighted by Gasteiger charge is -2.14. The lowest BCUT2D eigenvalue weighted by Crippen LogP contribution is -2.30. The Kier molecular flexibility index (Phi) is 4.19. The number of hydrogen-bond donors (Lipinski definition) is 2. The fourth-order valence-corrected chi connectivity index (χ4v) is 1.86. The van der Waals surface area contributed by atoms with Gasteiger partial charge in [-0.25, -0.2) is 0 Å². The number of aromatic nitrogens is 2. The Morgan fingerprint density at radius 3 is 2.59 bits per heavy atom. The summed E-state index contributed by atoms with van der Waals surface area (Å²) in [6.45, 7) is 0. The van der Waals surface area contributed by atoms with E-state index in [0.29, 0.717) is 0 Å². The summed E-state index contributed by atoms with van der Waals surface area (Å²) in [4.78, 5) is 8.29. The van der Waals surface area contributed by atoms with Crippen molar-refractivity contribution < 1.29 is 0 Å². The molecule has 0 fully saturated rings. The van der Waals surface area contributed by atoms with Crippen molar-refractivity contribution in [2.45, 2.75) is 12.5 Å². The molecule has 0 aliphatic carbocycles. The number of nitrogens with one attached hydrogen (secondary N) is 1. The number of halogens is 1. The molecule has 2 rings (SSSR count). The first kappa shape index (κ1) is 12.2. The Morgan fingerprint density at radius 1 is 1.24 bits per heavy atom. The quantitative estimate of drug-likeness (QED) is 0.668. The molecule has 0 aliphatic heterocycles. The third-order valence-electron chi connectivity index (χ3n) is 2.49. The van der Waals surface area contributed by atoms with E-state index in [-0.39, 0.29) is 6.04 Å². The van der Waals surface area contributed by atoms with Gasteiger partial charge in [0.2, 0.25) is 0 Å². The molecule has 1 aromatic carbocycles. The van der Waals surface area contributed by atoms with Crippen LogP contribution in [0.1, 0.15) is 17.3 Å². The van der Waals surface area contributed by atoms with Gasteiger partial charge in [-0.1, -0.05) is 28.1 Å². The molecule has 0 amide bonds. The lowest BCUT2D eigenvalue weighted by molar-refractivity contribution is 0.536. The van der Waals surface area contributed by atoms with E-state index in [4.69, 9.17) is 5.84 Å². The van der Waals surface area contributed by atoms with Gasteiger partial charge in [0.15, 0.2) is 0 Å². The summed E-state index contributed by atoms with van der Waals surface area (Å²) in [7, 11) is 0. The zero-order valence-corrected chi connectivity index (χ0v) is 10.8. The van der Waals surface area contributed by atoms with Crippen LogP contribution in [0, 0.1) is 0 Å². The van der Waals surface area contributed by atoms with Gasteiger partial charge < -0.3 is 0 Å². The van der Waals surface area contributed by atoms with Crippen molar-refractivity contribution >= 4 is 15.9 Å². The fraction of sp³-hybridized carbons (Fsp3) is 0.167. The first-order valence-electron chi connectivity index (χ1n) is 5.26. The van der Waals surface area contributed by atoms with E-state index < -0.39 is 0 Å². The molecule has 0 saturated carbocycles. The number of nitrogens with zero attached hydrogens (tertiary/aromatic N) is 2. The number of benzene rings is 1. The van der Waals surface area contributed by atoms with E-state index in [1.54, 1.807) is 18.6 Å². The topological polar surface area (TPSA) is 63.8 Å². The Morgan fingerprint density at radius 2 is 2.00 bits per heavy atom. The number of hydrogen-bond acceptors (Lipinski definition) is 4. The van der Waals surface area contributed by atoms with E-state index in [2.05, 4.69) is 43.5 Å². The Balaban J connectivity index is 2.13. The molecule has 0 saturated heterocycles. The van der Waals surface area contributed by atoms with Crippen molar-refractivity contribution in [3.63, 3.8) is 0 Å². The Bertz CT molecular complexity index is 458. The van der Waals surface area contributed by atoms with Crippen molar-refractivity contribution in [1.29, 1.82) is 0 Å². The summed E-state index contributed by atoms with van der Waals surface area (Å²) in [6.07, 6.45) is 5.82. The van der Waals surface area contributed by atoms with Gasteiger partial charge in [0, 0.05) is 16.9 Å². The summed E-state index contributed by atoms with van der Waals surface area (Å²) in [5, 5.41) is 0. The van der Waals surface area contributed by atoms with Gasteiger partial charge in [0.25, 0.3) is 0 Å². The van der Waals surface area contributed by atoms with E-state index in [1.165, 1.54) is 5.56 Å². The smallest absolute Gasteiger partial charge is 0.0772 e. The minimum atomic E-state index is -0.0233. The van der Waals surface area contributed by atoms with Crippen molar-refractivity contribution in [3.05, 3.63) is 58.6 Å². The minimum absolute atomic E-state index is 0.0233. The maximum absolute atomic E-state index is 5.56. The second-order valence-electron chi connectivity index (χ2n) is 3.68. The average molecular weight is 293 g/mol. The molecular weight excluding hydrogens is 280 g/mol. The van der Waals surface area contributed by atoms with Crippen LogP contribution in [0.3, 0.4) is 0 Å². The molecule has 17 heavy (non-hydrogen) atoms. The molecule has 3 N–H and O–H groups in total. The van der Waals surface area contributed by atoms with Gasteiger partial charge in [-0.15, -0.1) is 0 Å². The van der Waals surface area contributed by atoms with Crippen molar-refractivity contribution in [2.24, 2.45) is 5.84 Å². The monoisotopic (exact) mass is 292 g/mol. The summed E-state index contributed by atoms with van der Waals surface area (Å²) in [5.74, 6) is 5.56. The van der Waals surface area contributed by atoms with Crippen molar-refractivity contribution in [1.82, 2.24) is 15.4 Å². The van der Waals surface area contributed by atoms with Gasteiger partial charge in [-0.3, -0.25) is 21.2 Å². The van der Waals surface area contributed by atoms with Crippen molar-refractivity contribution in [2.75, 3.05) is 0 Å². The van der Waals surface area contributed by atoms with E-state index in [1.807, 2.05) is 12.1 Å². The summed E-state index contributed by atoms with van der Waals surface area (Å²) in [6, 6.07) is 8.12. The maximum atomic E-state index is 5.56. The molecule has 88 valence electrons. The van der Waals surface area contributed by atoms with Crippen LogP contribution >= 0.6 is 15.9 Å². The molecule has 5 heteroatoms. The SMILES string of the molecule is NNC(Cc1ccc(Br)cc1)c1cnccn1. The maximum Gasteiger partial charge on any atom is 0.0772 e. The number of hydrazine groups is 1. The third kappa shape index (κ3) is 3.33.